The van der Waals surface area contributed by atoms with E-state index in [2.05, 4.69) is 43.0 Å². The quantitative estimate of drug-likeness (QED) is 0.776. The predicted molar refractivity (Wildman–Crippen MR) is 82.4 cm³/mol. The monoisotopic (exact) mass is 255 g/mol. The molecule has 0 amide bonds. The summed E-state index contributed by atoms with van der Waals surface area (Å²) in [7, 11) is 0. The van der Waals surface area contributed by atoms with Crippen LogP contribution < -0.4 is 4.90 Å². The fourth-order valence-electron chi connectivity index (χ4n) is 2.20. The maximum absolute atomic E-state index is 5.79. The van der Waals surface area contributed by atoms with E-state index < -0.39 is 0 Å². The van der Waals surface area contributed by atoms with E-state index in [-0.39, 0.29) is 0 Å². The molecule has 0 fully saturated rings. The van der Waals surface area contributed by atoms with Gasteiger partial charge in [0.1, 0.15) is 11.5 Å². The number of benzene rings is 1. The molecule has 0 saturated heterocycles. The average Bonchev–Trinajstić information content (AvgIpc) is 2.81. The van der Waals surface area contributed by atoms with Gasteiger partial charge < -0.3 is 9.32 Å². The van der Waals surface area contributed by atoms with Gasteiger partial charge in [0.2, 0.25) is 0 Å². The van der Waals surface area contributed by atoms with Gasteiger partial charge in [-0.05, 0) is 32.4 Å². The maximum Gasteiger partial charge on any atom is 0.129 e. The van der Waals surface area contributed by atoms with Crippen LogP contribution >= 0.6 is 0 Å². The summed E-state index contributed by atoms with van der Waals surface area (Å²) < 4.78 is 5.79. The van der Waals surface area contributed by atoms with Crippen molar-refractivity contribution in [2.45, 2.75) is 20.8 Å². The molecule has 1 heterocycles. The molecule has 2 nitrogen and oxygen atoms in total. The number of anilines is 1. The van der Waals surface area contributed by atoms with Crippen LogP contribution in [0.4, 0.5) is 5.69 Å². The number of nitrogens with zero attached hydrogens (tertiary/aromatic N) is 1. The van der Waals surface area contributed by atoms with E-state index in [1.54, 1.807) is 0 Å². The number of rotatable bonds is 5. The summed E-state index contributed by atoms with van der Waals surface area (Å²) in [5.74, 6) is 1.89. The van der Waals surface area contributed by atoms with E-state index in [4.69, 9.17) is 4.42 Å². The Labute approximate surface area is 115 Å². The summed E-state index contributed by atoms with van der Waals surface area (Å²) in [6.07, 6.45) is 4.10. The minimum atomic E-state index is 0.906. The predicted octanol–water partition coefficient (Wildman–Crippen LogP) is 4.60. The molecule has 100 valence electrons. The van der Waals surface area contributed by atoms with Gasteiger partial charge in [-0.15, -0.1) is 0 Å². The second kappa shape index (κ2) is 6.28. The van der Waals surface area contributed by atoms with Crippen LogP contribution in [0.3, 0.4) is 0 Å². The Morgan fingerprint density at radius 2 is 1.74 bits per heavy atom. The molecular weight excluding hydrogens is 234 g/mol. The van der Waals surface area contributed by atoms with Crippen molar-refractivity contribution in [2.75, 3.05) is 18.0 Å². The first-order valence-corrected chi connectivity index (χ1v) is 6.83. The Hall–Kier alpha value is -1.96. The Bertz CT molecular complexity index is 536. The fourth-order valence-corrected chi connectivity index (χ4v) is 2.20. The molecule has 1 aromatic carbocycles. The molecule has 0 unspecified atom stereocenters. The first-order valence-electron chi connectivity index (χ1n) is 6.83. The highest BCUT2D eigenvalue weighted by Crippen LogP contribution is 2.25. The van der Waals surface area contributed by atoms with Crippen LogP contribution in [0.1, 0.15) is 30.9 Å². The molecule has 0 aliphatic heterocycles. The van der Waals surface area contributed by atoms with Crippen molar-refractivity contribution in [1.29, 1.82) is 0 Å². The molecule has 1 aromatic heterocycles. The lowest BCUT2D eigenvalue weighted by atomic mass is 10.2. The summed E-state index contributed by atoms with van der Waals surface area (Å²) in [4.78, 5) is 2.30. The molecule has 0 aliphatic carbocycles. The van der Waals surface area contributed by atoms with Crippen molar-refractivity contribution in [3.05, 3.63) is 53.5 Å². The standard InChI is InChI=1S/C17H21NO/c1-4-18(5-2)17-13-16(19-14(17)3)12-11-15-9-7-6-8-10-15/h6-13H,4-5H2,1-3H3/b12-11+. The van der Waals surface area contributed by atoms with E-state index in [9.17, 15) is 0 Å². The van der Waals surface area contributed by atoms with Crippen LogP contribution in [0, 0.1) is 6.92 Å². The molecule has 0 atom stereocenters. The Balaban J connectivity index is 2.19. The van der Waals surface area contributed by atoms with Crippen molar-refractivity contribution in [3.63, 3.8) is 0 Å². The second-order valence-corrected chi connectivity index (χ2v) is 4.51. The molecule has 0 saturated carbocycles. The average molecular weight is 255 g/mol. The summed E-state index contributed by atoms with van der Waals surface area (Å²) >= 11 is 0. The van der Waals surface area contributed by atoms with Crippen LogP contribution in [-0.2, 0) is 0 Å². The van der Waals surface area contributed by atoms with Crippen molar-refractivity contribution in [2.24, 2.45) is 0 Å². The van der Waals surface area contributed by atoms with Crippen LogP contribution in [0.2, 0.25) is 0 Å². The zero-order valence-corrected chi connectivity index (χ0v) is 11.9. The number of aryl methyl sites for hydroxylation is 1. The van der Waals surface area contributed by atoms with Crippen LogP contribution in [-0.4, -0.2) is 13.1 Å². The highest BCUT2D eigenvalue weighted by atomic mass is 16.3. The van der Waals surface area contributed by atoms with Crippen LogP contribution in [0.5, 0.6) is 0 Å². The molecule has 0 aliphatic rings. The van der Waals surface area contributed by atoms with Gasteiger partial charge in [0, 0.05) is 19.2 Å². The molecule has 0 N–H and O–H groups in total. The zero-order chi connectivity index (χ0) is 13.7. The number of hydrogen-bond donors (Lipinski definition) is 0. The molecule has 2 rings (SSSR count). The van der Waals surface area contributed by atoms with E-state index in [0.717, 1.165) is 24.6 Å². The molecule has 19 heavy (non-hydrogen) atoms. The van der Waals surface area contributed by atoms with E-state index >= 15 is 0 Å². The van der Waals surface area contributed by atoms with Gasteiger partial charge in [0.25, 0.3) is 0 Å². The molecule has 2 aromatic rings. The largest absolute Gasteiger partial charge is 0.460 e. The van der Waals surface area contributed by atoms with Gasteiger partial charge >= 0.3 is 0 Å². The minimum absolute atomic E-state index is 0.906. The first kappa shape index (κ1) is 13.5. The van der Waals surface area contributed by atoms with E-state index in [0.29, 0.717) is 0 Å². The topological polar surface area (TPSA) is 16.4 Å². The molecule has 0 bridgehead atoms. The van der Waals surface area contributed by atoms with Crippen molar-refractivity contribution >= 4 is 17.8 Å². The van der Waals surface area contributed by atoms with Gasteiger partial charge in [0.05, 0.1) is 5.69 Å². The Morgan fingerprint density at radius 3 is 2.37 bits per heavy atom. The lowest BCUT2D eigenvalue weighted by Crippen LogP contribution is -2.21. The van der Waals surface area contributed by atoms with Crippen LogP contribution in [0.25, 0.3) is 12.2 Å². The van der Waals surface area contributed by atoms with Crippen LogP contribution in [0.15, 0.2) is 40.8 Å². The summed E-state index contributed by atoms with van der Waals surface area (Å²) in [6, 6.07) is 12.4. The van der Waals surface area contributed by atoms with Gasteiger partial charge in [-0.2, -0.15) is 0 Å². The summed E-state index contributed by atoms with van der Waals surface area (Å²) in [5.41, 5.74) is 2.37. The molecule has 2 heteroatoms. The highest BCUT2D eigenvalue weighted by Gasteiger charge is 2.10. The first-order chi connectivity index (χ1) is 9.24. The third-order valence-corrected chi connectivity index (χ3v) is 3.25. The Morgan fingerprint density at radius 1 is 1.05 bits per heavy atom. The smallest absolute Gasteiger partial charge is 0.129 e. The lowest BCUT2D eigenvalue weighted by Gasteiger charge is -2.19. The van der Waals surface area contributed by atoms with Crippen molar-refractivity contribution < 1.29 is 4.42 Å². The van der Waals surface area contributed by atoms with Gasteiger partial charge in [-0.25, -0.2) is 0 Å². The maximum atomic E-state index is 5.79. The molecular formula is C17H21NO. The van der Waals surface area contributed by atoms with Crippen molar-refractivity contribution in [1.82, 2.24) is 0 Å². The lowest BCUT2D eigenvalue weighted by molar-refractivity contribution is 0.524. The fraction of sp³-hybridized carbons (Fsp3) is 0.294. The normalized spacial score (nSPS) is 11.1. The van der Waals surface area contributed by atoms with Gasteiger partial charge in [-0.1, -0.05) is 36.4 Å². The second-order valence-electron chi connectivity index (χ2n) is 4.51. The summed E-state index contributed by atoms with van der Waals surface area (Å²) in [6.45, 7) is 8.34. The van der Waals surface area contributed by atoms with E-state index in [1.165, 1.54) is 11.3 Å². The highest BCUT2D eigenvalue weighted by molar-refractivity contribution is 5.69. The third-order valence-electron chi connectivity index (χ3n) is 3.25. The van der Waals surface area contributed by atoms with Gasteiger partial charge in [0.15, 0.2) is 0 Å². The van der Waals surface area contributed by atoms with E-state index in [1.807, 2.05) is 31.2 Å². The summed E-state index contributed by atoms with van der Waals surface area (Å²) in [5, 5.41) is 0. The minimum Gasteiger partial charge on any atom is -0.460 e. The van der Waals surface area contributed by atoms with Crippen molar-refractivity contribution in [3.8, 4) is 0 Å². The molecule has 0 spiro atoms. The van der Waals surface area contributed by atoms with Gasteiger partial charge in [-0.3, -0.25) is 0 Å². The molecule has 0 radical (unpaired) electrons. The third kappa shape index (κ3) is 3.28. The zero-order valence-electron chi connectivity index (χ0n) is 11.9. The number of furan rings is 1. The SMILES string of the molecule is CCN(CC)c1cc(/C=C/c2ccccc2)oc1C. The Kier molecular flexibility index (Phi) is 4.45. The number of hydrogen-bond acceptors (Lipinski definition) is 2.